The molecule has 2 rings (SSSR count). The summed E-state index contributed by atoms with van der Waals surface area (Å²) >= 11 is 0. The molecule has 23 heavy (non-hydrogen) atoms. The molecule has 0 aliphatic rings. The van der Waals surface area contributed by atoms with E-state index in [4.69, 9.17) is 4.74 Å². The Balaban J connectivity index is 2.10. The number of rotatable bonds is 7. The molecule has 0 fully saturated rings. The van der Waals surface area contributed by atoms with Crippen LogP contribution in [0.4, 0.5) is 5.69 Å². The molecule has 0 aliphatic heterocycles. The van der Waals surface area contributed by atoms with E-state index < -0.39 is 6.10 Å². The molecule has 1 amide bonds. The summed E-state index contributed by atoms with van der Waals surface area (Å²) < 4.78 is 5.42. The number of carbonyl (C=O) groups is 1. The highest BCUT2D eigenvalue weighted by Gasteiger charge is 2.16. The van der Waals surface area contributed by atoms with E-state index in [1.165, 1.54) is 0 Å². The van der Waals surface area contributed by atoms with Gasteiger partial charge in [-0.3, -0.25) is 9.78 Å². The highest BCUT2D eigenvalue weighted by molar-refractivity contribution is 5.92. The molecule has 2 unspecified atom stereocenters. The van der Waals surface area contributed by atoms with Crippen molar-refractivity contribution >= 4 is 11.6 Å². The van der Waals surface area contributed by atoms with Crippen LogP contribution in [0.3, 0.4) is 0 Å². The minimum absolute atomic E-state index is 0.0109. The van der Waals surface area contributed by atoms with Gasteiger partial charge in [0, 0.05) is 17.4 Å². The number of amides is 1. The van der Waals surface area contributed by atoms with Crippen molar-refractivity contribution in [3.63, 3.8) is 0 Å². The SMILES string of the molecule is CCC(C)OCC(=O)Nc1ccccc1C(O)c1ccccn1. The maximum atomic E-state index is 12.0. The molecule has 2 atom stereocenters. The molecule has 1 heterocycles. The van der Waals surface area contributed by atoms with Crippen molar-refractivity contribution < 1.29 is 14.6 Å². The standard InChI is InChI=1S/C18H22N2O3/c1-3-13(2)23-12-17(21)20-15-9-5-4-8-14(15)18(22)16-10-6-7-11-19-16/h4-11,13,18,22H,3,12H2,1-2H3,(H,20,21). The molecule has 5 heteroatoms. The van der Waals surface area contributed by atoms with Gasteiger partial charge in [-0.1, -0.05) is 31.2 Å². The van der Waals surface area contributed by atoms with E-state index in [1.807, 2.05) is 26.0 Å². The summed E-state index contributed by atoms with van der Waals surface area (Å²) in [5, 5.41) is 13.3. The van der Waals surface area contributed by atoms with Gasteiger partial charge in [0.2, 0.25) is 5.91 Å². The average Bonchev–Trinajstić information content (AvgIpc) is 2.60. The summed E-state index contributed by atoms with van der Waals surface area (Å²) in [7, 11) is 0. The van der Waals surface area contributed by atoms with Gasteiger partial charge in [0.1, 0.15) is 12.7 Å². The van der Waals surface area contributed by atoms with Crippen molar-refractivity contribution in [2.24, 2.45) is 0 Å². The third-order valence-electron chi connectivity index (χ3n) is 3.57. The Morgan fingerprint density at radius 2 is 2.00 bits per heavy atom. The van der Waals surface area contributed by atoms with Crippen molar-refractivity contribution in [2.45, 2.75) is 32.5 Å². The lowest BCUT2D eigenvalue weighted by molar-refractivity contribution is -0.122. The Kier molecular flexibility index (Phi) is 6.26. The number of aliphatic hydroxyl groups excluding tert-OH is 1. The number of para-hydroxylation sites is 1. The number of anilines is 1. The Bertz CT molecular complexity index is 631. The zero-order valence-corrected chi connectivity index (χ0v) is 13.4. The number of nitrogens with zero attached hydrogens (tertiary/aromatic N) is 1. The van der Waals surface area contributed by atoms with Gasteiger partial charge in [-0.05, 0) is 31.5 Å². The number of pyridine rings is 1. The van der Waals surface area contributed by atoms with E-state index in [9.17, 15) is 9.90 Å². The van der Waals surface area contributed by atoms with E-state index >= 15 is 0 Å². The summed E-state index contributed by atoms with van der Waals surface area (Å²) in [4.78, 5) is 16.2. The fourth-order valence-electron chi connectivity index (χ4n) is 2.07. The van der Waals surface area contributed by atoms with E-state index in [1.54, 1.807) is 36.5 Å². The third kappa shape index (κ3) is 4.87. The van der Waals surface area contributed by atoms with Crippen molar-refractivity contribution in [3.05, 3.63) is 59.9 Å². The fraction of sp³-hybridized carbons (Fsp3) is 0.333. The van der Waals surface area contributed by atoms with Crippen LogP contribution in [-0.4, -0.2) is 28.7 Å². The minimum atomic E-state index is -0.900. The second-order valence-electron chi connectivity index (χ2n) is 5.32. The normalized spacial score (nSPS) is 13.3. The predicted molar refractivity (Wildman–Crippen MR) is 89.1 cm³/mol. The molecule has 1 aromatic carbocycles. The number of benzene rings is 1. The highest BCUT2D eigenvalue weighted by atomic mass is 16.5. The van der Waals surface area contributed by atoms with E-state index in [0.717, 1.165) is 6.42 Å². The van der Waals surface area contributed by atoms with Crippen molar-refractivity contribution in [1.82, 2.24) is 4.98 Å². The molecule has 0 saturated carbocycles. The first-order valence-corrected chi connectivity index (χ1v) is 7.71. The van der Waals surface area contributed by atoms with Crippen LogP contribution >= 0.6 is 0 Å². The molecule has 0 aliphatic carbocycles. The molecule has 2 N–H and O–H groups in total. The first kappa shape index (κ1) is 17.1. The van der Waals surface area contributed by atoms with Crippen LogP contribution in [0.2, 0.25) is 0 Å². The molecular weight excluding hydrogens is 292 g/mol. The number of hydrogen-bond acceptors (Lipinski definition) is 4. The largest absolute Gasteiger partial charge is 0.382 e. The summed E-state index contributed by atoms with van der Waals surface area (Å²) in [5.74, 6) is -0.244. The molecule has 0 saturated heterocycles. The summed E-state index contributed by atoms with van der Waals surface area (Å²) in [6.45, 7) is 3.91. The average molecular weight is 314 g/mol. The summed E-state index contributed by atoms with van der Waals surface area (Å²) in [6, 6.07) is 12.5. The number of hydrogen-bond donors (Lipinski definition) is 2. The predicted octanol–water partition coefficient (Wildman–Crippen LogP) is 2.92. The Labute approximate surface area is 136 Å². The maximum Gasteiger partial charge on any atom is 0.250 e. The smallest absolute Gasteiger partial charge is 0.250 e. The number of nitrogens with one attached hydrogen (secondary N) is 1. The molecule has 2 aromatic rings. The second kappa shape index (κ2) is 8.41. The molecule has 0 radical (unpaired) electrons. The van der Waals surface area contributed by atoms with Gasteiger partial charge < -0.3 is 15.2 Å². The quantitative estimate of drug-likeness (QED) is 0.824. The molecule has 122 valence electrons. The van der Waals surface area contributed by atoms with Gasteiger partial charge >= 0.3 is 0 Å². The van der Waals surface area contributed by atoms with Crippen molar-refractivity contribution in [1.29, 1.82) is 0 Å². The van der Waals surface area contributed by atoms with Crippen LogP contribution in [0.1, 0.15) is 37.6 Å². The molecular formula is C18H22N2O3. The van der Waals surface area contributed by atoms with Crippen molar-refractivity contribution in [3.8, 4) is 0 Å². The van der Waals surface area contributed by atoms with E-state index in [2.05, 4.69) is 10.3 Å². The Hall–Kier alpha value is -2.24. The zero-order chi connectivity index (χ0) is 16.7. The number of aliphatic hydroxyl groups is 1. The van der Waals surface area contributed by atoms with Gasteiger partial charge in [0.15, 0.2) is 0 Å². The van der Waals surface area contributed by atoms with Crippen LogP contribution in [0.25, 0.3) is 0 Å². The Morgan fingerprint density at radius 1 is 1.26 bits per heavy atom. The van der Waals surface area contributed by atoms with Crippen LogP contribution in [0, 0.1) is 0 Å². The van der Waals surface area contributed by atoms with Crippen LogP contribution < -0.4 is 5.32 Å². The third-order valence-corrected chi connectivity index (χ3v) is 3.57. The first-order valence-electron chi connectivity index (χ1n) is 7.71. The van der Waals surface area contributed by atoms with Crippen molar-refractivity contribution in [2.75, 3.05) is 11.9 Å². The summed E-state index contributed by atoms with van der Waals surface area (Å²) in [6.07, 6.45) is 1.61. The molecule has 1 aromatic heterocycles. The highest BCUT2D eigenvalue weighted by Crippen LogP contribution is 2.27. The topological polar surface area (TPSA) is 71.5 Å². The monoisotopic (exact) mass is 314 g/mol. The van der Waals surface area contributed by atoms with E-state index in [0.29, 0.717) is 16.9 Å². The van der Waals surface area contributed by atoms with Crippen LogP contribution in [-0.2, 0) is 9.53 Å². The van der Waals surface area contributed by atoms with E-state index in [-0.39, 0.29) is 18.6 Å². The number of carbonyl (C=O) groups excluding carboxylic acids is 1. The van der Waals surface area contributed by atoms with Gasteiger partial charge in [0.25, 0.3) is 0 Å². The summed E-state index contributed by atoms with van der Waals surface area (Å²) in [5.41, 5.74) is 1.69. The maximum absolute atomic E-state index is 12.0. The molecule has 0 bridgehead atoms. The second-order valence-corrected chi connectivity index (χ2v) is 5.32. The van der Waals surface area contributed by atoms with Gasteiger partial charge in [-0.2, -0.15) is 0 Å². The zero-order valence-electron chi connectivity index (χ0n) is 13.4. The van der Waals surface area contributed by atoms with Gasteiger partial charge in [0.05, 0.1) is 11.8 Å². The lowest BCUT2D eigenvalue weighted by Gasteiger charge is -2.16. The van der Waals surface area contributed by atoms with Crippen LogP contribution in [0.5, 0.6) is 0 Å². The fourth-order valence-corrected chi connectivity index (χ4v) is 2.07. The molecule has 5 nitrogen and oxygen atoms in total. The lowest BCUT2D eigenvalue weighted by Crippen LogP contribution is -2.22. The van der Waals surface area contributed by atoms with Crippen LogP contribution in [0.15, 0.2) is 48.7 Å². The first-order chi connectivity index (χ1) is 11.1. The Morgan fingerprint density at radius 3 is 2.70 bits per heavy atom. The molecule has 0 spiro atoms. The number of ether oxygens (including phenoxy) is 1. The van der Waals surface area contributed by atoms with Gasteiger partial charge in [-0.15, -0.1) is 0 Å². The van der Waals surface area contributed by atoms with Gasteiger partial charge in [-0.25, -0.2) is 0 Å². The lowest BCUT2D eigenvalue weighted by atomic mass is 10.0. The minimum Gasteiger partial charge on any atom is -0.382 e. The number of aromatic nitrogens is 1.